The number of benzene rings is 2. The highest BCUT2D eigenvalue weighted by molar-refractivity contribution is 7.98. The Balaban J connectivity index is 1.51. The van der Waals surface area contributed by atoms with Crippen molar-refractivity contribution >= 4 is 17.4 Å². The molecule has 0 aliphatic heterocycles. The first-order chi connectivity index (χ1) is 16.7. The molecule has 2 aromatic carbocycles. The van der Waals surface area contributed by atoms with Gasteiger partial charge in [-0.05, 0) is 61.9 Å². The summed E-state index contributed by atoms with van der Waals surface area (Å²) < 4.78 is 15.2. The summed E-state index contributed by atoms with van der Waals surface area (Å²) in [5.41, 5.74) is 5.00. The third kappa shape index (κ3) is 4.36. The van der Waals surface area contributed by atoms with Gasteiger partial charge in [-0.2, -0.15) is 0 Å². The molecule has 0 radical (unpaired) electrons. The van der Waals surface area contributed by atoms with Crippen LogP contribution in [0.3, 0.4) is 0 Å². The summed E-state index contributed by atoms with van der Waals surface area (Å²) in [6, 6.07) is 19.9. The van der Waals surface area contributed by atoms with E-state index in [1.165, 1.54) is 0 Å². The summed E-state index contributed by atoms with van der Waals surface area (Å²) in [5, 5.41) is 9.87. The van der Waals surface area contributed by atoms with Crippen molar-refractivity contribution in [3.8, 4) is 28.6 Å². The minimum absolute atomic E-state index is 0.626. The van der Waals surface area contributed by atoms with E-state index in [-0.39, 0.29) is 0 Å². The van der Waals surface area contributed by atoms with Crippen LogP contribution in [0, 0.1) is 6.92 Å². The van der Waals surface area contributed by atoms with Crippen LogP contribution in [0.2, 0.25) is 0 Å². The lowest BCUT2D eigenvalue weighted by Gasteiger charge is -2.12. The number of ether oxygens (including phenoxy) is 2. The Bertz CT molecular complexity index is 1430. The minimum Gasteiger partial charge on any atom is -0.497 e. The standard InChI is InChI=1S/C26H25N5O2S/c1-4-33-22-12-10-21(11-13-22)31-25(19-8-5-9-23(15-19)32-3)28-29-26(31)34-17-20-16-30-14-6-7-18(2)24(30)27-20/h5-16H,4,17H2,1-3H3. The summed E-state index contributed by atoms with van der Waals surface area (Å²) in [7, 11) is 1.66. The molecule has 0 atom stereocenters. The predicted molar refractivity (Wildman–Crippen MR) is 134 cm³/mol. The Morgan fingerprint density at radius 3 is 2.59 bits per heavy atom. The van der Waals surface area contributed by atoms with Crippen molar-refractivity contribution in [1.29, 1.82) is 0 Å². The number of imidazole rings is 1. The maximum absolute atomic E-state index is 5.62. The number of hydrogen-bond acceptors (Lipinski definition) is 6. The summed E-state index contributed by atoms with van der Waals surface area (Å²) >= 11 is 1.61. The van der Waals surface area contributed by atoms with Gasteiger partial charge in [0.2, 0.25) is 0 Å². The van der Waals surface area contributed by atoms with Crippen molar-refractivity contribution < 1.29 is 9.47 Å². The normalized spacial score (nSPS) is 11.1. The summed E-state index contributed by atoms with van der Waals surface area (Å²) in [4.78, 5) is 4.80. The van der Waals surface area contributed by atoms with Gasteiger partial charge in [-0.25, -0.2) is 4.98 Å². The van der Waals surface area contributed by atoms with E-state index in [9.17, 15) is 0 Å². The summed E-state index contributed by atoms with van der Waals surface area (Å²) in [5.74, 6) is 3.02. The van der Waals surface area contributed by atoms with Crippen LogP contribution in [0.5, 0.6) is 11.5 Å². The third-order valence-corrected chi connectivity index (χ3v) is 6.41. The summed E-state index contributed by atoms with van der Waals surface area (Å²) in [6.45, 7) is 4.67. The number of aromatic nitrogens is 5. The molecule has 0 saturated heterocycles. The molecule has 0 aliphatic rings. The van der Waals surface area contributed by atoms with Crippen LogP contribution < -0.4 is 9.47 Å². The lowest BCUT2D eigenvalue weighted by atomic mass is 10.2. The van der Waals surface area contributed by atoms with E-state index in [2.05, 4.69) is 38.4 Å². The Hall–Kier alpha value is -3.78. The highest BCUT2D eigenvalue weighted by Crippen LogP contribution is 2.31. The molecule has 3 aromatic heterocycles. The van der Waals surface area contributed by atoms with E-state index in [1.54, 1.807) is 18.9 Å². The monoisotopic (exact) mass is 471 g/mol. The third-order valence-electron chi connectivity index (χ3n) is 5.44. The van der Waals surface area contributed by atoms with Gasteiger partial charge in [0, 0.05) is 29.4 Å². The van der Waals surface area contributed by atoms with Gasteiger partial charge >= 0.3 is 0 Å². The number of thioether (sulfide) groups is 1. The van der Waals surface area contributed by atoms with Crippen LogP contribution in [0.4, 0.5) is 0 Å². The zero-order chi connectivity index (χ0) is 23.5. The summed E-state index contributed by atoms with van der Waals surface area (Å²) in [6.07, 6.45) is 4.09. The molecule has 0 amide bonds. The fourth-order valence-electron chi connectivity index (χ4n) is 3.82. The zero-order valence-electron chi connectivity index (χ0n) is 19.3. The molecule has 8 heteroatoms. The van der Waals surface area contributed by atoms with Gasteiger partial charge in [-0.15, -0.1) is 10.2 Å². The molecule has 0 spiro atoms. The van der Waals surface area contributed by atoms with Gasteiger partial charge in [-0.1, -0.05) is 30.0 Å². The van der Waals surface area contributed by atoms with E-state index < -0.39 is 0 Å². The number of nitrogens with zero attached hydrogens (tertiary/aromatic N) is 5. The molecule has 5 aromatic rings. The van der Waals surface area contributed by atoms with E-state index >= 15 is 0 Å². The van der Waals surface area contributed by atoms with Crippen molar-refractivity contribution in [2.45, 2.75) is 24.8 Å². The Morgan fingerprint density at radius 2 is 1.82 bits per heavy atom. The molecule has 0 unspecified atom stereocenters. The van der Waals surface area contributed by atoms with E-state index in [4.69, 9.17) is 14.5 Å². The first kappa shape index (κ1) is 22.0. The van der Waals surface area contributed by atoms with E-state index in [0.717, 1.165) is 50.6 Å². The Morgan fingerprint density at radius 1 is 0.971 bits per heavy atom. The molecular weight excluding hydrogens is 446 g/mol. The van der Waals surface area contributed by atoms with Crippen molar-refractivity contribution in [3.63, 3.8) is 0 Å². The minimum atomic E-state index is 0.626. The van der Waals surface area contributed by atoms with Crippen LogP contribution >= 0.6 is 11.8 Å². The smallest absolute Gasteiger partial charge is 0.196 e. The van der Waals surface area contributed by atoms with Crippen molar-refractivity contribution in [2.24, 2.45) is 0 Å². The number of rotatable bonds is 8. The average Bonchev–Trinajstić information content (AvgIpc) is 3.48. The van der Waals surface area contributed by atoms with Crippen LogP contribution in [-0.2, 0) is 5.75 Å². The first-order valence-electron chi connectivity index (χ1n) is 11.1. The molecule has 0 bridgehead atoms. The lowest BCUT2D eigenvalue weighted by Crippen LogP contribution is -2.00. The fraction of sp³-hybridized carbons (Fsp3) is 0.192. The van der Waals surface area contributed by atoms with E-state index in [0.29, 0.717) is 12.4 Å². The van der Waals surface area contributed by atoms with Gasteiger partial charge in [0.25, 0.3) is 0 Å². The highest BCUT2D eigenvalue weighted by atomic mass is 32.2. The van der Waals surface area contributed by atoms with Crippen LogP contribution in [0.25, 0.3) is 22.7 Å². The van der Waals surface area contributed by atoms with Crippen LogP contribution in [-0.4, -0.2) is 37.9 Å². The van der Waals surface area contributed by atoms with Gasteiger partial charge < -0.3 is 13.9 Å². The molecule has 0 fully saturated rings. The molecule has 172 valence electrons. The number of aryl methyl sites for hydroxylation is 1. The maximum Gasteiger partial charge on any atom is 0.196 e. The van der Waals surface area contributed by atoms with Crippen molar-refractivity contribution in [2.75, 3.05) is 13.7 Å². The molecule has 0 N–H and O–H groups in total. The second-order valence-electron chi connectivity index (χ2n) is 7.74. The quantitative estimate of drug-likeness (QED) is 0.275. The predicted octanol–water partition coefficient (Wildman–Crippen LogP) is 5.59. The molecule has 0 aliphatic carbocycles. The van der Waals surface area contributed by atoms with Gasteiger partial charge in [0.05, 0.1) is 19.4 Å². The van der Waals surface area contributed by atoms with Gasteiger partial charge in [0.1, 0.15) is 17.1 Å². The van der Waals surface area contributed by atoms with Crippen LogP contribution in [0.15, 0.2) is 78.2 Å². The SMILES string of the molecule is CCOc1ccc(-n2c(SCc3cn4cccc(C)c4n3)nnc2-c2cccc(OC)c2)cc1. The van der Waals surface area contributed by atoms with Gasteiger partial charge in [-0.3, -0.25) is 4.57 Å². The number of methoxy groups -OCH3 is 1. The van der Waals surface area contributed by atoms with Crippen molar-refractivity contribution in [3.05, 3.63) is 84.3 Å². The highest BCUT2D eigenvalue weighted by Gasteiger charge is 2.18. The lowest BCUT2D eigenvalue weighted by molar-refractivity contribution is 0.340. The zero-order valence-corrected chi connectivity index (χ0v) is 20.1. The first-order valence-corrected chi connectivity index (χ1v) is 12.0. The Kier molecular flexibility index (Phi) is 6.22. The van der Waals surface area contributed by atoms with Crippen LogP contribution in [0.1, 0.15) is 18.2 Å². The fourth-order valence-corrected chi connectivity index (χ4v) is 4.65. The molecule has 7 nitrogen and oxygen atoms in total. The van der Waals surface area contributed by atoms with Gasteiger partial charge in [0.15, 0.2) is 11.0 Å². The number of fused-ring (bicyclic) bond motifs is 1. The number of hydrogen-bond donors (Lipinski definition) is 0. The molecular formula is C26H25N5O2S. The number of pyridine rings is 1. The second kappa shape index (κ2) is 9.61. The molecule has 0 saturated carbocycles. The maximum atomic E-state index is 5.62. The largest absolute Gasteiger partial charge is 0.497 e. The van der Waals surface area contributed by atoms with E-state index in [1.807, 2.05) is 67.7 Å². The molecule has 34 heavy (non-hydrogen) atoms. The molecule has 3 heterocycles. The van der Waals surface area contributed by atoms with Crippen molar-refractivity contribution in [1.82, 2.24) is 24.1 Å². The second-order valence-corrected chi connectivity index (χ2v) is 8.69. The average molecular weight is 472 g/mol. The Labute approximate surface area is 202 Å². The molecule has 5 rings (SSSR count). The topological polar surface area (TPSA) is 66.5 Å².